The zero-order valence-corrected chi connectivity index (χ0v) is 8.60. The van der Waals surface area contributed by atoms with Crippen LogP contribution in [0, 0.1) is 17.8 Å². The van der Waals surface area contributed by atoms with E-state index in [0.717, 1.165) is 12.8 Å². The van der Waals surface area contributed by atoms with Crippen LogP contribution >= 0.6 is 0 Å². The van der Waals surface area contributed by atoms with Gasteiger partial charge in [0.25, 0.3) is 0 Å². The molecule has 0 aromatic carbocycles. The molecule has 2 rings (SSSR count). The van der Waals surface area contributed by atoms with Crippen LogP contribution < -0.4 is 5.32 Å². The Labute approximate surface area is 89.0 Å². The first kappa shape index (κ1) is 10.6. The summed E-state index contributed by atoms with van der Waals surface area (Å²) in [6, 6.07) is 0. The molecule has 0 aliphatic heterocycles. The van der Waals surface area contributed by atoms with Gasteiger partial charge in [0.05, 0.1) is 12.7 Å². The van der Waals surface area contributed by atoms with E-state index in [1.54, 1.807) is 0 Å². The van der Waals surface area contributed by atoms with Crippen LogP contribution in [0.2, 0.25) is 0 Å². The van der Waals surface area contributed by atoms with E-state index in [9.17, 15) is 4.79 Å². The molecule has 4 unspecified atom stereocenters. The van der Waals surface area contributed by atoms with E-state index >= 15 is 0 Å². The van der Waals surface area contributed by atoms with Crippen LogP contribution in [0.15, 0.2) is 12.2 Å². The Hall–Kier alpha value is -0.870. The maximum Gasteiger partial charge on any atom is 0.223 e. The van der Waals surface area contributed by atoms with Gasteiger partial charge in [0.2, 0.25) is 5.91 Å². The van der Waals surface area contributed by atoms with Gasteiger partial charge in [-0.15, -0.1) is 0 Å². The molecule has 4 nitrogen and oxygen atoms in total. The standard InChI is InChI=1S/C11H17NO3/c13-6-9(14)5-12-11(15)10-4-7-1-2-8(10)3-7/h1-2,7-10,13-14H,3-6H2,(H,12,15). The second kappa shape index (κ2) is 4.33. The summed E-state index contributed by atoms with van der Waals surface area (Å²) in [5.74, 6) is 1.06. The summed E-state index contributed by atoms with van der Waals surface area (Å²) in [5, 5.41) is 20.4. The Morgan fingerprint density at radius 1 is 1.47 bits per heavy atom. The van der Waals surface area contributed by atoms with E-state index in [1.807, 2.05) is 0 Å². The molecule has 0 radical (unpaired) electrons. The fourth-order valence-electron chi connectivity index (χ4n) is 2.50. The Morgan fingerprint density at radius 3 is 2.80 bits per heavy atom. The molecule has 0 saturated heterocycles. The molecule has 4 heteroatoms. The van der Waals surface area contributed by atoms with Crippen LogP contribution in [-0.2, 0) is 4.79 Å². The third kappa shape index (κ3) is 2.21. The minimum absolute atomic E-state index is 0.0133. The predicted molar refractivity (Wildman–Crippen MR) is 54.9 cm³/mol. The van der Waals surface area contributed by atoms with Crippen molar-refractivity contribution in [1.29, 1.82) is 0 Å². The SMILES string of the molecule is O=C(NCC(O)CO)C1CC2C=CC1C2. The van der Waals surface area contributed by atoms with Gasteiger partial charge in [-0.2, -0.15) is 0 Å². The molecular formula is C11H17NO3. The maximum atomic E-state index is 11.7. The van der Waals surface area contributed by atoms with Gasteiger partial charge in [-0.05, 0) is 24.7 Å². The highest BCUT2D eigenvalue weighted by molar-refractivity contribution is 5.80. The molecular weight excluding hydrogens is 194 g/mol. The fraction of sp³-hybridized carbons (Fsp3) is 0.727. The molecule has 0 aromatic rings. The number of fused-ring (bicyclic) bond motifs is 2. The lowest BCUT2D eigenvalue weighted by Gasteiger charge is -2.18. The minimum atomic E-state index is -0.844. The molecule has 1 fully saturated rings. The number of rotatable bonds is 4. The molecule has 1 amide bonds. The maximum absolute atomic E-state index is 11.7. The molecule has 0 spiro atoms. The van der Waals surface area contributed by atoms with E-state index in [1.165, 1.54) is 0 Å². The third-order valence-electron chi connectivity index (χ3n) is 3.34. The number of hydrogen-bond donors (Lipinski definition) is 3. The molecule has 0 heterocycles. The van der Waals surface area contributed by atoms with Crippen molar-refractivity contribution in [2.24, 2.45) is 17.8 Å². The van der Waals surface area contributed by atoms with E-state index in [2.05, 4.69) is 17.5 Å². The highest BCUT2D eigenvalue weighted by atomic mass is 16.3. The number of amides is 1. The predicted octanol–water partition coefficient (Wildman–Crippen LogP) is -0.332. The summed E-state index contributed by atoms with van der Waals surface area (Å²) in [7, 11) is 0. The van der Waals surface area contributed by atoms with Crippen molar-refractivity contribution in [2.45, 2.75) is 18.9 Å². The Balaban J connectivity index is 1.80. The highest BCUT2D eigenvalue weighted by Gasteiger charge is 2.39. The largest absolute Gasteiger partial charge is 0.394 e. The number of hydrogen-bond acceptors (Lipinski definition) is 3. The van der Waals surface area contributed by atoms with E-state index in [4.69, 9.17) is 10.2 Å². The van der Waals surface area contributed by atoms with Gasteiger partial charge < -0.3 is 15.5 Å². The zero-order chi connectivity index (χ0) is 10.8. The fourth-order valence-corrected chi connectivity index (χ4v) is 2.50. The lowest BCUT2D eigenvalue weighted by Crippen LogP contribution is -2.38. The van der Waals surface area contributed by atoms with Crippen LogP contribution in [0.25, 0.3) is 0 Å². The third-order valence-corrected chi connectivity index (χ3v) is 3.34. The average Bonchev–Trinajstić information content (AvgIpc) is 2.86. The van der Waals surface area contributed by atoms with Crippen molar-refractivity contribution in [3.63, 3.8) is 0 Å². The number of aliphatic hydroxyl groups excluding tert-OH is 2. The van der Waals surface area contributed by atoms with Crippen molar-refractivity contribution in [3.05, 3.63) is 12.2 Å². The number of aliphatic hydroxyl groups is 2. The van der Waals surface area contributed by atoms with Gasteiger partial charge in [-0.1, -0.05) is 12.2 Å². The summed E-state index contributed by atoms with van der Waals surface area (Å²) in [6.07, 6.45) is 5.50. The van der Waals surface area contributed by atoms with Crippen molar-refractivity contribution < 1.29 is 15.0 Å². The van der Waals surface area contributed by atoms with Crippen molar-refractivity contribution >= 4 is 5.91 Å². The van der Waals surface area contributed by atoms with E-state index in [0.29, 0.717) is 11.8 Å². The molecule has 2 aliphatic rings. The Bertz CT molecular complexity index is 277. The molecule has 15 heavy (non-hydrogen) atoms. The normalized spacial score (nSPS) is 34.4. The monoisotopic (exact) mass is 211 g/mol. The van der Waals surface area contributed by atoms with Gasteiger partial charge >= 0.3 is 0 Å². The number of carbonyl (C=O) groups excluding carboxylic acids is 1. The highest BCUT2D eigenvalue weighted by Crippen LogP contribution is 2.43. The van der Waals surface area contributed by atoms with Crippen LogP contribution in [0.4, 0.5) is 0 Å². The average molecular weight is 211 g/mol. The summed E-state index contributed by atoms with van der Waals surface area (Å²) in [5.41, 5.74) is 0. The second-order valence-corrected chi connectivity index (χ2v) is 4.47. The van der Waals surface area contributed by atoms with Crippen molar-refractivity contribution in [2.75, 3.05) is 13.2 Å². The van der Waals surface area contributed by atoms with Gasteiger partial charge in [-0.25, -0.2) is 0 Å². The topological polar surface area (TPSA) is 69.6 Å². The second-order valence-electron chi connectivity index (χ2n) is 4.47. The van der Waals surface area contributed by atoms with Crippen LogP contribution in [0.1, 0.15) is 12.8 Å². The first-order valence-electron chi connectivity index (χ1n) is 5.45. The molecule has 2 aliphatic carbocycles. The van der Waals surface area contributed by atoms with Crippen LogP contribution in [0.5, 0.6) is 0 Å². The van der Waals surface area contributed by atoms with E-state index < -0.39 is 6.10 Å². The summed E-state index contributed by atoms with van der Waals surface area (Å²) in [4.78, 5) is 11.7. The van der Waals surface area contributed by atoms with Crippen molar-refractivity contribution in [3.8, 4) is 0 Å². The Kier molecular flexibility index (Phi) is 3.07. The van der Waals surface area contributed by atoms with Gasteiger partial charge in [-0.3, -0.25) is 4.79 Å². The lowest BCUT2D eigenvalue weighted by atomic mass is 9.93. The first-order chi connectivity index (χ1) is 7.20. The molecule has 0 aromatic heterocycles. The molecule has 2 bridgehead atoms. The quantitative estimate of drug-likeness (QED) is 0.558. The molecule has 3 N–H and O–H groups in total. The number of allylic oxidation sites excluding steroid dienone is 2. The number of nitrogens with one attached hydrogen (secondary N) is 1. The summed E-state index contributed by atoms with van der Waals surface area (Å²) < 4.78 is 0. The lowest BCUT2D eigenvalue weighted by molar-refractivity contribution is -0.126. The summed E-state index contributed by atoms with van der Waals surface area (Å²) in [6.45, 7) is -0.163. The van der Waals surface area contributed by atoms with Gasteiger partial charge in [0, 0.05) is 12.5 Å². The molecule has 84 valence electrons. The minimum Gasteiger partial charge on any atom is -0.394 e. The molecule has 1 saturated carbocycles. The van der Waals surface area contributed by atoms with Gasteiger partial charge in [0.15, 0.2) is 0 Å². The van der Waals surface area contributed by atoms with Gasteiger partial charge in [0.1, 0.15) is 0 Å². The van der Waals surface area contributed by atoms with E-state index in [-0.39, 0.29) is 25.0 Å². The van der Waals surface area contributed by atoms with Crippen LogP contribution in [-0.4, -0.2) is 35.4 Å². The number of carbonyl (C=O) groups is 1. The smallest absolute Gasteiger partial charge is 0.223 e. The molecule has 4 atom stereocenters. The van der Waals surface area contributed by atoms with Crippen LogP contribution in [0.3, 0.4) is 0 Å². The first-order valence-corrected chi connectivity index (χ1v) is 5.45. The zero-order valence-electron chi connectivity index (χ0n) is 8.60. The summed E-state index contributed by atoms with van der Waals surface area (Å²) >= 11 is 0. The Morgan fingerprint density at radius 2 is 2.27 bits per heavy atom. The van der Waals surface area contributed by atoms with Crippen molar-refractivity contribution in [1.82, 2.24) is 5.32 Å².